The monoisotopic (exact) mass is 298 g/mol. The smallest absolute Gasteiger partial charge is 0.320 e. The SMILES string of the molecule is COC(=O)[C@H]1SC(c2ccccc2)S[C@H]1C(=O)OC. The Balaban J connectivity index is 2.20. The molecule has 0 spiro atoms. The maximum Gasteiger partial charge on any atom is 0.320 e. The first-order chi connectivity index (χ1) is 9.17. The van der Waals surface area contributed by atoms with Crippen LogP contribution in [0, 0.1) is 0 Å². The predicted octanol–water partition coefficient (Wildman–Crippen LogP) is 2.25. The van der Waals surface area contributed by atoms with Gasteiger partial charge in [-0.25, -0.2) is 0 Å². The van der Waals surface area contributed by atoms with Crippen LogP contribution in [0.4, 0.5) is 0 Å². The van der Waals surface area contributed by atoms with E-state index in [1.54, 1.807) is 0 Å². The molecule has 1 heterocycles. The average molecular weight is 298 g/mol. The molecule has 2 rings (SSSR count). The number of hydrogen-bond donors (Lipinski definition) is 0. The molecule has 6 heteroatoms. The van der Waals surface area contributed by atoms with Gasteiger partial charge in [-0.2, -0.15) is 0 Å². The molecule has 0 radical (unpaired) electrons. The Morgan fingerprint density at radius 2 is 1.42 bits per heavy atom. The molecule has 0 amide bonds. The fourth-order valence-electron chi connectivity index (χ4n) is 1.80. The molecule has 0 bridgehead atoms. The molecular weight excluding hydrogens is 284 g/mol. The van der Waals surface area contributed by atoms with Gasteiger partial charge in [-0.1, -0.05) is 30.3 Å². The van der Waals surface area contributed by atoms with E-state index in [0.29, 0.717) is 0 Å². The number of thioether (sulfide) groups is 2. The van der Waals surface area contributed by atoms with Crippen LogP contribution < -0.4 is 0 Å². The van der Waals surface area contributed by atoms with E-state index in [4.69, 9.17) is 9.47 Å². The van der Waals surface area contributed by atoms with Gasteiger partial charge in [0.2, 0.25) is 0 Å². The first-order valence-electron chi connectivity index (χ1n) is 5.69. The minimum absolute atomic E-state index is 0.0365. The second-order valence-electron chi connectivity index (χ2n) is 3.90. The molecule has 4 nitrogen and oxygen atoms in total. The minimum Gasteiger partial charge on any atom is -0.468 e. The van der Waals surface area contributed by atoms with Crippen molar-refractivity contribution in [3.05, 3.63) is 35.9 Å². The second kappa shape index (κ2) is 6.34. The molecule has 1 aromatic rings. The van der Waals surface area contributed by atoms with E-state index in [9.17, 15) is 9.59 Å². The molecule has 3 atom stereocenters. The van der Waals surface area contributed by atoms with E-state index < -0.39 is 10.5 Å². The van der Waals surface area contributed by atoms with Crippen molar-refractivity contribution < 1.29 is 19.1 Å². The summed E-state index contributed by atoms with van der Waals surface area (Å²) in [5, 5.41) is -1.04. The summed E-state index contributed by atoms with van der Waals surface area (Å²) in [6, 6.07) is 9.78. The molecule has 1 aliphatic rings. The molecule has 1 unspecified atom stereocenters. The number of methoxy groups -OCH3 is 2. The van der Waals surface area contributed by atoms with E-state index >= 15 is 0 Å². The van der Waals surface area contributed by atoms with Crippen LogP contribution in [0.1, 0.15) is 10.1 Å². The molecule has 19 heavy (non-hydrogen) atoms. The second-order valence-corrected chi connectivity index (χ2v) is 6.70. The highest BCUT2D eigenvalue weighted by Gasteiger charge is 2.46. The van der Waals surface area contributed by atoms with Crippen molar-refractivity contribution in [1.29, 1.82) is 0 Å². The Kier molecular flexibility index (Phi) is 4.76. The van der Waals surface area contributed by atoms with Gasteiger partial charge < -0.3 is 9.47 Å². The maximum atomic E-state index is 11.8. The average Bonchev–Trinajstić information content (AvgIpc) is 2.91. The summed E-state index contributed by atoms with van der Waals surface area (Å²) in [5.74, 6) is -0.766. The molecule has 1 aliphatic heterocycles. The number of carbonyl (C=O) groups is 2. The molecule has 0 N–H and O–H groups in total. The van der Waals surface area contributed by atoms with Crippen molar-refractivity contribution in [2.75, 3.05) is 14.2 Å². The van der Waals surface area contributed by atoms with Crippen molar-refractivity contribution in [3.8, 4) is 0 Å². The van der Waals surface area contributed by atoms with Gasteiger partial charge in [0.05, 0.1) is 18.8 Å². The number of carbonyl (C=O) groups excluding carboxylic acids is 2. The number of ether oxygens (including phenoxy) is 2. The quantitative estimate of drug-likeness (QED) is 0.798. The summed E-state index contributed by atoms with van der Waals surface area (Å²) < 4.78 is 9.56. The lowest BCUT2D eigenvalue weighted by atomic mass is 10.2. The number of esters is 2. The minimum atomic E-state index is -0.521. The third-order valence-corrected chi connectivity index (χ3v) is 6.15. The highest BCUT2D eigenvalue weighted by Crippen LogP contribution is 2.54. The van der Waals surface area contributed by atoms with Gasteiger partial charge >= 0.3 is 11.9 Å². The fraction of sp³-hybridized carbons (Fsp3) is 0.385. The maximum absolute atomic E-state index is 11.8. The van der Waals surface area contributed by atoms with Crippen LogP contribution in [0.3, 0.4) is 0 Å². The van der Waals surface area contributed by atoms with Gasteiger partial charge in [0.15, 0.2) is 0 Å². The Labute approximate surface area is 120 Å². The van der Waals surface area contributed by atoms with Gasteiger partial charge in [0.25, 0.3) is 0 Å². The highest BCUT2D eigenvalue weighted by molar-refractivity contribution is 8.21. The Morgan fingerprint density at radius 1 is 0.947 bits per heavy atom. The molecule has 1 saturated heterocycles. The zero-order chi connectivity index (χ0) is 13.8. The van der Waals surface area contributed by atoms with Gasteiger partial charge in [0, 0.05) is 0 Å². The first kappa shape index (κ1) is 14.3. The predicted molar refractivity (Wildman–Crippen MR) is 76.0 cm³/mol. The van der Waals surface area contributed by atoms with Crippen molar-refractivity contribution in [2.45, 2.75) is 15.1 Å². The lowest BCUT2D eigenvalue weighted by molar-refractivity contribution is -0.145. The summed E-state index contributed by atoms with van der Waals surface area (Å²) in [7, 11) is 2.66. The third kappa shape index (κ3) is 3.06. The number of rotatable bonds is 3. The molecule has 102 valence electrons. The Morgan fingerprint density at radius 3 is 1.84 bits per heavy atom. The van der Waals surface area contributed by atoms with Gasteiger partial charge in [-0.15, -0.1) is 23.5 Å². The van der Waals surface area contributed by atoms with E-state index in [2.05, 4.69) is 0 Å². The highest BCUT2D eigenvalue weighted by atomic mass is 32.2. The van der Waals surface area contributed by atoms with Crippen LogP contribution in [0.2, 0.25) is 0 Å². The van der Waals surface area contributed by atoms with E-state index in [-0.39, 0.29) is 16.5 Å². The zero-order valence-electron chi connectivity index (χ0n) is 10.6. The van der Waals surface area contributed by atoms with Crippen LogP contribution >= 0.6 is 23.5 Å². The van der Waals surface area contributed by atoms with Crippen molar-refractivity contribution in [1.82, 2.24) is 0 Å². The lowest BCUT2D eigenvalue weighted by Crippen LogP contribution is -2.33. The molecule has 0 aromatic heterocycles. The van der Waals surface area contributed by atoms with Crippen LogP contribution in [-0.2, 0) is 19.1 Å². The Bertz CT molecular complexity index is 439. The fourth-order valence-corrected chi connectivity index (χ4v) is 5.24. The summed E-state index contributed by atoms with van der Waals surface area (Å²) in [6.45, 7) is 0. The topological polar surface area (TPSA) is 52.6 Å². The number of benzene rings is 1. The molecule has 1 fully saturated rings. The van der Waals surface area contributed by atoms with Crippen molar-refractivity contribution in [3.63, 3.8) is 0 Å². The van der Waals surface area contributed by atoms with Crippen LogP contribution in [0.5, 0.6) is 0 Å². The van der Waals surface area contributed by atoms with Crippen molar-refractivity contribution >= 4 is 35.5 Å². The summed E-state index contributed by atoms with van der Waals surface area (Å²) in [4.78, 5) is 23.5. The first-order valence-corrected chi connectivity index (χ1v) is 7.57. The largest absolute Gasteiger partial charge is 0.468 e. The molecule has 0 saturated carbocycles. The van der Waals surface area contributed by atoms with E-state index in [0.717, 1.165) is 5.56 Å². The molecular formula is C13H14O4S2. The summed E-state index contributed by atoms with van der Waals surface area (Å²) in [6.07, 6.45) is 0. The van der Waals surface area contributed by atoms with Gasteiger partial charge in [-0.3, -0.25) is 9.59 Å². The molecule has 0 aliphatic carbocycles. The van der Waals surface area contributed by atoms with E-state index in [1.165, 1.54) is 37.7 Å². The summed E-state index contributed by atoms with van der Waals surface area (Å²) >= 11 is 2.87. The van der Waals surface area contributed by atoms with Crippen LogP contribution in [0.25, 0.3) is 0 Å². The van der Waals surface area contributed by atoms with Crippen molar-refractivity contribution in [2.24, 2.45) is 0 Å². The van der Waals surface area contributed by atoms with E-state index in [1.807, 2.05) is 30.3 Å². The third-order valence-electron chi connectivity index (χ3n) is 2.75. The van der Waals surface area contributed by atoms with Crippen LogP contribution in [0.15, 0.2) is 30.3 Å². The van der Waals surface area contributed by atoms with Gasteiger partial charge in [-0.05, 0) is 5.56 Å². The number of hydrogen-bond acceptors (Lipinski definition) is 6. The Hall–Kier alpha value is -1.14. The van der Waals surface area contributed by atoms with Crippen LogP contribution in [-0.4, -0.2) is 36.7 Å². The standard InChI is InChI=1S/C13H14O4S2/c1-16-11(14)9-10(12(15)17-2)19-13(18-9)8-6-4-3-5-7-8/h3-7,9-10,13H,1-2H3/t9-,10+,13?. The lowest BCUT2D eigenvalue weighted by Gasteiger charge is -2.12. The normalized spacial score (nSPS) is 25.9. The summed E-state index contributed by atoms with van der Waals surface area (Å²) in [5.41, 5.74) is 1.08. The zero-order valence-corrected chi connectivity index (χ0v) is 12.2. The molecule has 1 aromatic carbocycles. The van der Waals surface area contributed by atoms with Gasteiger partial charge in [0.1, 0.15) is 10.5 Å².